The van der Waals surface area contributed by atoms with Gasteiger partial charge in [-0.15, -0.1) is 0 Å². The van der Waals surface area contributed by atoms with Gasteiger partial charge >= 0.3 is 0 Å². The lowest BCUT2D eigenvalue weighted by Gasteiger charge is -2.18. The number of hydrogen-bond acceptors (Lipinski definition) is 4. The first-order valence-corrected chi connectivity index (χ1v) is 7.18. The summed E-state index contributed by atoms with van der Waals surface area (Å²) in [6.07, 6.45) is 1.12. The van der Waals surface area contributed by atoms with Crippen LogP contribution in [0, 0.1) is 5.82 Å². The molecule has 6 heteroatoms. The number of pyridine rings is 1. The van der Waals surface area contributed by atoms with Crippen LogP contribution in [0.4, 0.5) is 4.39 Å². The van der Waals surface area contributed by atoms with Crippen molar-refractivity contribution < 1.29 is 13.9 Å². The summed E-state index contributed by atoms with van der Waals surface area (Å²) in [7, 11) is 3.24. The Kier molecular flexibility index (Phi) is 6.12. The zero-order chi connectivity index (χ0) is 15.9. The molecule has 1 N–H and O–H groups in total. The quantitative estimate of drug-likeness (QED) is 0.848. The number of methoxy groups -OCH3 is 2. The van der Waals surface area contributed by atoms with Crippen molar-refractivity contribution in [3.63, 3.8) is 0 Å². The van der Waals surface area contributed by atoms with E-state index >= 15 is 0 Å². The maximum absolute atomic E-state index is 13.2. The molecule has 0 amide bonds. The van der Waals surface area contributed by atoms with Gasteiger partial charge in [-0.1, -0.05) is 23.7 Å². The topological polar surface area (TPSA) is 43.4 Å². The average molecular weight is 325 g/mol. The molecule has 0 saturated carbocycles. The van der Waals surface area contributed by atoms with Crippen molar-refractivity contribution in [1.29, 1.82) is 0 Å². The first kappa shape index (κ1) is 16.7. The van der Waals surface area contributed by atoms with Crippen LogP contribution >= 0.6 is 11.6 Å². The third kappa shape index (κ3) is 4.40. The van der Waals surface area contributed by atoms with Crippen LogP contribution in [0.25, 0.3) is 0 Å². The Bertz CT molecular complexity index is 608. The SMILES string of the molecule is COCC(NCc1ccc(OC)cc1)c1cc(Cl)c(F)cn1. The van der Waals surface area contributed by atoms with Gasteiger partial charge in [-0.2, -0.15) is 0 Å². The van der Waals surface area contributed by atoms with Crippen LogP contribution in [0.5, 0.6) is 5.75 Å². The molecule has 1 atom stereocenters. The van der Waals surface area contributed by atoms with Crippen molar-refractivity contribution in [3.05, 3.63) is 58.6 Å². The summed E-state index contributed by atoms with van der Waals surface area (Å²) in [5.74, 6) is 0.279. The minimum Gasteiger partial charge on any atom is -0.497 e. The molecule has 1 heterocycles. The Morgan fingerprint density at radius 3 is 2.59 bits per heavy atom. The number of aromatic nitrogens is 1. The lowest BCUT2D eigenvalue weighted by Crippen LogP contribution is -2.25. The lowest BCUT2D eigenvalue weighted by molar-refractivity contribution is 0.164. The summed E-state index contributed by atoms with van der Waals surface area (Å²) in [5.41, 5.74) is 1.73. The van der Waals surface area contributed by atoms with Gasteiger partial charge in [0, 0.05) is 13.7 Å². The van der Waals surface area contributed by atoms with Gasteiger partial charge < -0.3 is 14.8 Å². The Balaban J connectivity index is 2.05. The van der Waals surface area contributed by atoms with Crippen molar-refractivity contribution in [2.75, 3.05) is 20.8 Å². The van der Waals surface area contributed by atoms with Crippen LogP contribution in [0.2, 0.25) is 5.02 Å². The summed E-state index contributed by atoms with van der Waals surface area (Å²) in [6.45, 7) is 1.03. The maximum Gasteiger partial charge on any atom is 0.160 e. The van der Waals surface area contributed by atoms with Crippen molar-refractivity contribution in [3.8, 4) is 5.75 Å². The van der Waals surface area contributed by atoms with Crippen molar-refractivity contribution >= 4 is 11.6 Å². The molecule has 1 unspecified atom stereocenters. The number of benzene rings is 1. The highest BCUT2D eigenvalue weighted by molar-refractivity contribution is 6.30. The van der Waals surface area contributed by atoms with Crippen LogP contribution in [0.3, 0.4) is 0 Å². The minimum atomic E-state index is -0.531. The van der Waals surface area contributed by atoms with E-state index in [2.05, 4.69) is 10.3 Å². The molecule has 0 bridgehead atoms. The van der Waals surface area contributed by atoms with Gasteiger partial charge in [0.1, 0.15) is 5.75 Å². The third-order valence-electron chi connectivity index (χ3n) is 3.23. The Morgan fingerprint density at radius 2 is 2.00 bits per heavy atom. The van der Waals surface area contributed by atoms with Gasteiger partial charge in [-0.25, -0.2) is 4.39 Å². The van der Waals surface area contributed by atoms with Gasteiger partial charge in [0.15, 0.2) is 5.82 Å². The molecule has 2 rings (SSSR count). The number of nitrogens with zero attached hydrogens (tertiary/aromatic N) is 1. The predicted molar refractivity (Wildman–Crippen MR) is 83.7 cm³/mol. The first-order chi connectivity index (χ1) is 10.6. The molecule has 2 aromatic rings. The smallest absolute Gasteiger partial charge is 0.160 e. The molecule has 4 nitrogen and oxygen atoms in total. The highest BCUT2D eigenvalue weighted by Crippen LogP contribution is 2.19. The fraction of sp³-hybridized carbons (Fsp3) is 0.312. The van der Waals surface area contributed by atoms with Crippen molar-refractivity contribution in [1.82, 2.24) is 10.3 Å². The lowest BCUT2D eigenvalue weighted by atomic mass is 10.1. The van der Waals surface area contributed by atoms with E-state index in [1.165, 1.54) is 6.07 Å². The normalized spacial score (nSPS) is 12.2. The zero-order valence-corrected chi connectivity index (χ0v) is 13.2. The van der Waals surface area contributed by atoms with E-state index in [0.29, 0.717) is 18.8 Å². The van der Waals surface area contributed by atoms with E-state index in [-0.39, 0.29) is 11.1 Å². The second kappa shape index (κ2) is 8.08. The molecule has 0 aliphatic heterocycles. The van der Waals surface area contributed by atoms with Crippen LogP contribution < -0.4 is 10.1 Å². The number of rotatable bonds is 7. The molecule has 0 aliphatic carbocycles. The van der Waals surface area contributed by atoms with Crippen LogP contribution in [0.15, 0.2) is 36.5 Å². The Hall–Kier alpha value is -1.69. The number of ether oxygens (including phenoxy) is 2. The molecule has 22 heavy (non-hydrogen) atoms. The molecule has 0 radical (unpaired) electrons. The van der Waals surface area contributed by atoms with Gasteiger partial charge in [-0.3, -0.25) is 4.98 Å². The summed E-state index contributed by atoms with van der Waals surface area (Å²) < 4.78 is 23.5. The molecular weight excluding hydrogens is 307 g/mol. The molecular formula is C16H18ClFN2O2. The Labute approximate surface area is 134 Å². The first-order valence-electron chi connectivity index (χ1n) is 6.80. The van der Waals surface area contributed by atoms with E-state index in [1.807, 2.05) is 24.3 Å². The molecule has 0 fully saturated rings. The summed E-state index contributed by atoms with van der Waals surface area (Å²) in [4.78, 5) is 4.08. The number of hydrogen-bond donors (Lipinski definition) is 1. The largest absolute Gasteiger partial charge is 0.497 e. The molecule has 0 saturated heterocycles. The van der Waals surface area contributed by atoms with Crippen LogP contribution in [-0.4, -0.2) is 25.8 Å². The molecule has 0 aliphatic rings. The van der Waals surface area contributed by atoms with Crippen molar-refractivity contribution in [2.24, 2.45) is 0 Å². The van der Waals surface area contributed by atoms with E-state index in [0.717, 1.165) is 17.5 Å². The van der Waals surface area contributed by atoms with E-state index in [9.17, 15) is 4.39 Å². The second-order valence-corrected chi connectivity index (χ2v) is 5.17. The Morgan fingerprint density at radius 1 is 1.27 bits per heavy atom. The van der Waals surface area contributed by atoms with Crippen LogP contribution in [0.1, 0.15) is 17.3 Å². The molecule has 118 valence electrons. The predicted octanol–water partition coefficient (Wildman–Crippen LogP) is 3.36. The van der Waals surface area contributed by atoms with Crippen molar-refractivity contribution in [2.45, 2.75) is 12.6 Å². The van der Waals surface area contributed by atoms with E-state index in [4.69, 9.17) is 21.1 Å². The number of halogens is 2. The molecule has 1 aromatic carbocycles. The van der Waals surface area contributed by atoms with Crippen LogP contribution in [-0.2, 0) is 11.3 Å². The fourth-order valence-electron chi connectivity index (χ4n) is 2.02. The van der Waals surface area contributed by atoms with Gasteiger partial charge in [0.05, 0.1) is 36.7 Å². The monoisotopic (exact) mass is 324 g/mol. The molecule has 0 spiro atoms. The summed E-state index contributed by atoms with van der Waals surface area (Å²) in [5, 5.41) is 3.38. The highest BCUT2D eigenvalue weighted by Gasteiger charge is 2.14. The van der Waals surface area contributed by atoms with E-state index < -0.39 is 5.82 Å². The number of nitrogens with one attached hydrogen (secondary N) is 1. The summed E-state index contributed by atoms with van der Waals surface area (Å²) in [6, 6.07) is 9.08. The third-order valence-corrected chi connectivity index (χ3v) is 3.52. The second-order valence-electron chi connectivity index (χ2n) is 4.76. The van der Waals surface area contributed by atoms with Gasteiger partial charge in [0.25, 0.3) is 0 Å². The van der Waals surface area contributed by atoms with Gasteiger partial charge in [-0.05, 0) is 23.8 Å². The van der Waals surface area contributed by atoms with Gasteiger partial charge in [0.2, 0.25) is 0 Å². The standard InChI is InChI=1S/C16H18ClFN2O2/c1-21-10-16(15-7-13(17)14(18)9-20-15)19-8-11-3-5-12(22-2)6-4-11/h3-7,9,16,19H,8,10H2,1-2H3. The fourth-order valence-corrected chi connectivity index (χ4v) is 2.18. The maximum atomic E-state index is 13.2. The highest BCUT2D eigenvalue weighted by atomic mass is 35.5. The van der Waals surface area contributed by atoms with E-state index in [1.54, 1.807) is 14.2 Å². The summed E-state index contributed by atoms with van der Waals surface area (Å²) >= 11 is 5.81. The molecule has 1 aromatic heterocycles. The minimum absolute atomic E-state index is 0.0531. The average Bonchev–Trinajstić information content (AvgIpc) is 2.54. The zero-order valence-electron chi connectivity index (χ0n) is 12.5.